The number of rotatable bonds is 3. The molecule has 0 aliphatic rings. The molecule has 1 aromatic heterocycles. The fourth-order valence-electron chi connectivity index (χ4n) is 0.921. The highest BCUT2D eigenvalue weighted by molar-refractivity contribution is 9.09. The maximum atomic E-state index is 11.2. The van der Waals surface area contributed by atoms with E-state index < -0.39 is 0 Å². The second kappa shape index (κ2) is 4.40. The van der Waals surface area contributed by atoms with E-state index in [9.17, 15) is 4.79 Å². The minimum Gasteiger partial charge on any atom is -0.268 e. The summed E-state index contributed by atoms with van der Waals surface area (Å²) in [6.45, 7) is 2.57. The molecular weight excluding hydrogens is 220 g/mol. The lowest BCUT2D eigenvalue weighted by atomic mass is 10.4. The van der Waals surface area contributed by atoms with Crippen LogP contribution >= 0.6 is 15.9 Å². The van der Waals surface area contributed by atoms with Crippen molar-refractivity contribution in [1.29, 1.82) is 0 Å². The van der Waals surface area contributed by atoms with Gasteiger partial charge in [-0.15, -0.1) is 0 Å². The van der Waals surface area contributed by atoms with Crippen molar-refractivity contribution in [2.45, 2.75) is 19.9 Å². The van der Waals surface area contributed by atoms with E-state index in [0.29, 0.717) is 6.54 Å². The Hall–Kier alpha value is -0.640. The SMILES string of the molecule is Cc1ccc(=O)n(CCCBr)n1. The molecule has 0 spiro atoms. The predicted molar refractivity (Wildman–Crippen MR) is 51.6 cm³/mol. The van der Waals surface area contributed by atoms with Gasteiger partial charge in [-0.05, 0) is 19.4 Å². The molecule has 1 heterocycles. The van der Waals surface area contributed by atoms with Gasteiger partial charge in [0, 0.05) is 17.9 Å². The van der Waals surface area contributed by atoms with Gasteiger partial charge in [0.15, 0.2) is 0 Å². The molecule has 0 saturated carbocycles. The second-order valence-corrected chi connectivity index (χ2v) is 3.37. The van der Waals surface area contributed by atoms with Crippen molar-refractivity contribution in [2.24, 2.45) is 0 Å². The first kappa shape index (κ1) is 9.45. The molecule has 0 unspecified atom stereocenters. The Labute approximate surface area is 79.5 Å². The summed E-state index contributed by atoms with van der Waals surface area (Å²) in [6, 6.07) is 3.28. The van der Waals surface area contributed by atoms with Gasteiger partial charge in [-0.2, -0.15) is 5.10 Å². The number of halogens is 1. The average Bonchev–Trinajstić information content (AvgIpc) is 2.07. The lowest BCUT2D eigenvalue weighted by Crippen LogP contribution is -2.22. The van der Waals surface area contributed by atoms with E-state index in [2.05, 4.69) is 21.0 Å². The molecule has 12 heavy (non-hydrogen) atoms. The van der Waals surface area contributed by atoms with Crippen molar-refractivity contribution in [2.75, 3.05) is 5.33 Å². The smallest absolute Gasteiger partial charge is 0.266 e. The van der Waals surface area contributed by atoms with Crippen LogP contribution in [0.4, 0.5) is 0 Å². The molecule has 1 aromatic rings. The van der Waals surface area contributed by atoms with Crippen LogP contribution in [-0.4, -0.2) is 15.1 Å². The molecule has 4 heteroatoms. The van der Waals surface area contributed by atoms with Crippen LogP contribution < -0.4 is 5.56 Å². The number of hydrogen-bond acceptors (Lipinski definition) is 2. The predicted octanol–water partition coefficient (Wildman–Crippen LogP) is 1.34. The summed E-state index contributed by atoms with van der Waals surface area (Å²) in [5.41, 5.74) is 0.853. The Morgan fingerprint density at radius 2 is 2.33 bits per heavy atom. The van der Waals surface area contributed by atoms with Crippen LogP contribution in [0.5, 0.6) is 0 Å². The van der Waals surface area contributed by atoms with Gasteiger partial charge in [-0.1, -0.05) is 15.9 Å². The number of hydrogen-bond donors (Lipinski definition) is 0. The van der Waals surface area contributed by atoms with Crippen molar-refractivity contribution in [3.8, 4) is 0 Å². The van der Waals surface area contributed by atoms with Crippen LogP contribution in [0.1, 0.15) is 12.1 Å². The van der Waals surface area contributed by atoms with Gasteiger partial charge in [0.05, 0.1) is 5.69 Å². The average molecular weight is 231 g/mol. The number of nitrogens with zero attached hydrogens (tertiary/aromatic N) is 2. The topological polar surface area (TPSA) is 34.9 Å². The molecule has 0 saturated heterocycles. The minimum atomic E-state index is -0.0263. The number of aromatic nitrogens is 2. The molecule has 66 valence electrons. The number of aryl methyl sites for hydroxylation is 2. The molecule has 0 N–H and O–H groups in total. The lowest BCUT2D eigenvalue weighted by Gasteiger charge is -2.02. The fraction of sp³-hybridized carbons (Fsp3) is 0.500. The van der Waals surface area contributed by atoms with Gasteiger partial charge in [0.1, 0.15) is 0 Å². The standard InChI is InChI=1S/C8H11BrN2O/c1-7-3-4-8(12)11(10-7)6-2-5-9/h3-4H,2,5-6H2,1H3. The summed E-state index contributed by atoms with van der Waals surface area (Å²) in [4.78, 5) is 11.2. The van der Waals surface area contributed by atoms with Gasteiger partial charge in [0.25, 0.3) is 5.56 Å². The molecule has 0 aliphatic heterocycles. The maximum Gasteiger partial charge on any atom is 0.266 e. The van der Waals surface area contributed by atoms with E-state index in [1.165, 1.54) is 4.68 Å². The summed E-state index contributed by atoms with van der Waals surface area (Å²) >= 11 is 3.31. The van der Waals surface area contributed by atoms with Crippen LogP contribution in [0.25, 0.3) is 0 Å². The van der Waals surface area contributed by atoms with E-state index in [0.717, 1.165) is 17.4 Å². The second-order valence-electron chi connectivity index (χ2n) is 2.58. The Morgan fingerprint density at radius 3 is 3.00 bits per heavy atom. The van der Waals surface area contributed by atoms with Crippen LogP contribution in [0.2, 0.25) is 0 Å². The molecule has 0 aromatic carbocycles. The summed E-state index contributed by atoms with van der Waals surface area (Å²) < 4.78 is 1.50. The third kappa shape index (κ3) is 2.44. The van der Waals surface area contributed by atoms with Crippen molar-refractivity contribution in [1.82, 2.24) is 9.78 Å². The van der Waals surface area contributed by atoms with Gasteiger partial charge >= 0.3 is 0 Å². The van der Waals surface area contributed by atoms with E-state index in [1.807, 2.05) is 6.92 Å². The summed E-state index contributed by atoms with van der Waals surface area (Å²) in [5, 5.41) is 4.99. The molecule has 0 bridgehead atoms. The summed E-state index contributed by atoms with van der Waals surface area (Å²) in [5.74, 6) is 0. The van der Waals surface area contributed by atoms with Crippen LogP contribution in [0, 0.1) is 6.92 Å². The number of alkyl halides is 1. The van der Waals surface area contributed by atoms with Gasteiger partial charge in [-0.3, -0.25) is 4.79 Å². The van der Waals surface area contributed by atoms with Gasteiger partial charge in [-0.25, -0.2) is 4.68 Å². The van der Waals surface area contributed by atoms with Crippen LogP contribution in [0.3, 0.4) is 0 Å². The fourth-order valence-corrected chi connectivity index (χ4v) is 1.17. The highest BCUT2D eigenvalue weighted by Gasteiger charge is 1.95. The van der Waals surface area contributed by atoms with Gasteiger partial charge < -0.3 is 0 Å². The largest absolute Gasteiger partial charge is 0.268 e. The van der Waals surface area contributed by atoms with Crippen molar-refractivity contribution in [3.05, 3.63) is 28.2 Å². The van der Waals surface area contributed by atoms with E-state index in [4.69, 9.17) is 0 Å². The van der Waals surface area contributed by atoms with Crippen molar-refractivity contribution in [3.63, 3.8) is 0 Å². The normalized spacial score (nSPS) is 10.2. The Balaban J connectivity index is 2.83. The molecule has 0 atom stereocenters. The molecular formula is C8H11BrN2O. The monoisotopic (exact) mass is 230 g/mol. The summed E-state index contributed by atoms with van der Waals surface area (Å²) in [7, 11) is 0. The summed E-state index contributed by atoms with van der Waals surface area (Å²) in [6.07, 6.45) is 0.927. The first-order chi connectivity index (χ1) is 5.74. The maximum absolute atomic E-state index is 11.2. The Kier molecular flexibility index (Phi) is 3.47. The first-order valence-electron chi connectivity index (χ1n) is 3.85. The van der Waals surface area contributed by atoms with Gasteiger partial charge in [0.2, 0.25) is 0 Å². The van der Waals surface area contributed by atoms with Crippen molar-refractivity contribution < 1.29 is 0 Å². The molecule has 3 nitrogen and oxygen atoms in total. The molecule has 0 fully saturated rings. The Bertz CT molecular complexity index is 308. The highest BCUT2D eigenvalue weighted by atomic mass is 79.9. The highest BCUT2D eigenvalue weighted by Crippen LogP contribution is 1.91. The first-order valence-corrected chi connectivity index (χ1v) is 4.97. The third-order valence-electron chi connectivity index (χ3n) is 1.50. The Morgan fingerprint density at radius 1 is 1.58 bits per heavy atom. The van der Waals surface area contributed by atoms with E-state index in [1.54, 1.807) is 12.1 Å². The van der Waals surface area contributed by atoms with Crippen molar-refractivity contribution >= 4 is 15.9 Å². The van der Waals surface area contributed by atoms with Crippen LogP contribution in [-0.2, 0) is 6.54 Å². The zero-order valence-corrected chi connectivity index (χ0v) is 8.54. The molecule has 0 amide bonds. The lowest BCUT2D eigenvalue weighted by molar-refractivity contribution is 0.564. The zero-order valence-electron chi connectivity index (χ0n) is 6.96. The molecule has 0 radical (unpaired) electrons. The molecule has 1 rings (SSSR count). The van der Waals surface area contributed by atoms with E-state index in [-0.39, 0.29) is 5.56 Å². The quantitative estimate of drug-likeness (QED) is 0.735. The minimum absolute atomic E-state index is 0.0263. The van der Waals surface area contributed by atoms with E-state index >= 15 is 0 Å². The molecule has 0 aliphatic carbocycles. The zero-order chi connectivity index (χ0) is 8.97. The van der Waals surface area contributed by atoms with Crippen LogP contribution in [0.15, 0.2) is 16.9 Å². The third-order valence-corrected chi connectivity index (χ3v) is 2.06.